The highest BCUT2D eigenvalue weighted by atomic mass is 32.1. The first-order valence-electron chi connectivity index (χ1n) is 4.74. The van der Waals surface area contributed by atoms with Crippen LogP contribution in [0.15, 0.2) is 29.8 Å². The SMILES string of the molecule is Cc1ccsc1CNc1cccnc1N. The summed E-state index contributed by atoms with van der Waals surface area (Å²) in [5.41, 5.74) is 7.94. The minimum atomic E-state index is 0.548. The fourth-order valence-electron chi connectivity index (χ4n) is 1.33. The van der Waals surface area contributed by atoms with Crippen LogP contribution in [0.4, 0.5) is 11.5 Å². The van der Waals surface area contributed by atoms with E-state index in [1.165, 1.54) is 10.4 Å². The number of hydrogen-bond donors (Lipinski definition) is 2. The summed E-state index contributed by atoms with van der Waals surface area (Å²) in [7, 11) is 0. The molecule has 2 rings (SSSR count). The first-order chi connectivity index (χ1) is 7.27. The van der Waals surface area contributed by atoms with Crippen molar-refractivity contribution in [3.05, 3.63) is 40.2 Å². The van der Waals surface area contributed by atoms with Crippen molar-refractivity contribution in [1.29, 1.82) is 0 Å². The van der Waals surface area contributed by atoms with Gasteiger partial charge in [-0.2, -0.15) is 0 Å². The summed E-state index contributed by atoms with van der Waals surface area (Å²) in [5, 5.41) is 5.38. The summed E-state index contributed by atoms with van der Waals surface area (Å²) in [4.78, 5) is 5.35. The molecule has 3 nitrogen and oxygen atoms in total. The quantitative estimate of drug-likeness (QED) is 0.834. The number of nitrogens with one attached hydrogen (secondary N) is 1. The van der Waals surface area contributed by atoms with Crippen molar-refractivity contribution in [2.75, 3.05) is 11.1 Å². The van der Waals surface area contributed by atoms with Crippen molar-refractivity contribution in [3.8, 4) is 0 Å². The lowest BCUT2D eigenvalue weighted by Crippen LogP contribution is -2.03. The maximum Gasteiger partial charge on any atom is 0.146 e. The van der Waals surface area contributed by atoms with E-state index < -0.39 is 0 Å². The van der Waals surface area contributed by atoms with Crippen LogP contribution < -0.4 is 11.1 Å². The number of rotatable bonds is 3. The third-order valence-electron chi connectivity index (χ3n) is 2.25. The highest BCUT2D eigenvalue weighted by molar-refractivity contribution is 7.10. The minimum Gasteiger partial charge on any atom is -0.382 e. The second-order valence-corrected chi connectivity index (χ2v) is 4.32. The van der Waals surface area contributed by atoms with Crippen LogP contribution in [0, 0.1) is 6.92 Å². The first-order valence-corrected chi connectivity index (χ1v) is 5.62. The zero-order chi connectivity index (χ0) is 10.7. The molecule has 0 bridgehead atoms. The molecule has 4 heteroatoms. The summed E-state index contributed by atoms with van der Waals surface area (Å²) in [6.07, 6.45) is 1.69. The highest BCUT2D eigenvalue weighted by Crippen LogP contribution is 2.19. The number of anilines is 2. The smallest absolute Gasteiger partial charge is 0.146 e. The van der Waals surface area contributed by atoms with Gasteiger partial charge < -0.3 is 11.1 Å². The Hall–Kier alpha value is -1.55. The highest BCUT2D eigenvalue weighted by Gasteiger charge is 2.01. The summed E-state index contributed by atoms with van der Waals surface area (Å²) in [5.74, 6) is 0.548. The number of nitrogens with zero attached hydrogens (tertiary/aromatic N) is 1. The average molecular weight is 219 g/mol. The summed E-state index contributed by atoms with van der Waals surface area (Å²) in [6, 6.07) is 5.93. The Morgan fingerprint density at radius 3 is 3.00 bits per heavy atom. The number of aromatic nitrogens is 1. The van der Waals surface area contributed by atoms with Crippen molar-refractivity contribution < 1.29 is 0 Å². The van der Waals surface area contributed by atoms with Crippen molar-refractivity contribution in [2.45, 2.75) is 13.5 Å². The largest absolute Gasteiger partial charge is 0.382 e. The van der Waals surface area contributed by atoms with Crippen LogP contribution in [0.25, 0.3) is 0 Å². The summed E-state index contributed by atoms with van der Waals surface area (Å²) < 4.78 is 0. The zero-order valence-corrected chi connectivity index (χ0v) is 9.34. The predicted octanol–water partition coefficient (Wildman–Crippen LogP) is 2.65. The molecule has 0 atom stereocenters. The van der Waals surface area contributed by atoms with E-state index in [0.29, 0.717) is 5.82 Å². The van der Waals surface area contributed by atoms with Crippen LogP contribution in [0.5, 0.6) is 0 Å². The molecule has 0 aromatic carbocycles. The third-order valence-corrected chi connectivity index (χ3v) is 3.27. The maximum atomic E-state index is 5.73. The van der Waals surface area contributed by atoms with Crippen molar-refractivity contribution in [1.82, 2.24) is 4.98 Å². The molecule has 2 aromatic heterocycles. The molecule has 2 aromatic rings. The molecule has 0 aliphatic heterocycles. The van der Waals surface area contributed by atoms with Gasteiger partial charge in [0.2, 0.25) is 0 Å². The molecule has 15 heavy (non-hydrogen) atoms. The minimum absolute atomic E-state index is 0.548. The van der Waals surface area contributed by atoms with Gasteiger partial charge in [0.1, 0.15) is 5.82 Å². The van der Waals surface area contributed by atoms with Crippen molar-refractivity contribution >= 4 is 22.8 Å². The molecule has 0 saturated carbocycles. The monoisotopic (exact) mass is 219 g/mol. The van der Waals surface area contributed by atoms with Gasteiger partial charge >= 0.3 is 0 Å². The summed E-state index contributed by atoms with van der Waals surface area (Å²) >= 11 is 1.75. The zero-order valence-electron chi connectivity index (χ0n) is 8.53. The van der Waals surface area contributed by atoms with E-state index in [2.05, 4.69) is 28.7 Å². The van der Waals surface area contributed by atoms with Gasteiger partial charge in [0.15, 0.2) is 0 Å². The molecular weight excluding hydrogens is 206 g/mol. The van der Waals surface area contributed by atoms with E-state index in [1.807, 2.05) is 12.1 Å². The second-order valence-electron chi connectivity index (χ2n) is 3.32. The van der Waals surface area contributed by atoms with E-state index in [9.17, 15) is 0 Å². The number of aryl methyl sites for hydroxylation is 1. The van der Waals surface area contributed by atoms with Gasteiger partial charge in [-0.15, -0.1) is 11.3 Å². The standard InChI is InChI=1S/C11H13N3S/c1-8-4-6-15-10(8)7-14-9-3-2-5-13-11(9)12/h2-6,14H,7H2,1H3,(H2,12,13). The molecule has 0 aliphatic carbocycles. The van der Waals surface area contributed by atoms with Gasteiger partial charge in [-0.1, -0.05) is 0 Å². The fraction of sp³-hybridized carbons (Fsp3) is 0.182. The Kier molecular flexibility index (Phi) is 2.87. The molecule has 2 heterocycles. The Bertz CT molecular complexity index is 451. The predicted molar refractivity (Wildman–Crippen MR) is 65.0 cm³/mol. The molecule has 0 radical (unpaired) electrons. The molecule has 78 valence electrons. The fourth-order valence-corrected chi connectivity index (χ4v) is 2.17. The number of nitrogens with two attached hydrogens (primary N) is 1. The Morgan fingerprint density at radius 1 is 1.47 bits per heavy atom. The second kappa shape index (κ2) is 4.31. The molecule has 0 amide bonds. The van der Waals surface area contributed by atoms with Gasteiger partial charge in [0, 0.05) is 17.6 Å². The van der Waals surface area contributed by atoms with E-state index >= 15 is 0 Å². The Labute approximate surface area is 93.0 Å². The van der Waals surface area contributed by atoms with Crippen LogP contribution in [0.2, 0.25) is 0 Å². The van der Waals surface area contributed by atoms with Gasteiger partial charge in [0.25, 0.3) is 0 Å². The molecule has 0 spiro atoms. The Balaban J connectivity index is 2.06. The van der Waals surface area contributed by atoms with Gasteiger partial charge in [-0.25, -0.2) is 4.98 Å². The molecule has 0 fully saturated rings. The van der Waals surface area contributed by atoms with Crippen LogP contribution in [0.1, 0.15) is 10.4 Å². The van der Waals surface area contributed by atoms with E-state index in [1.54, 1.807) is 17.5 Å². The number of pyridine rings is 1. The van der Waals surface area contributed by atoms with Crippen LogP contribution in [0.3, 0.4) is 0 Å². The van der Waals surface area contributed by atoms with Gasteiger partial charge in [-0.3, -0.25) is 0 Å². The van der Waals surface area contributed by atoms with Gasteiger partial charge in [0.05, 0.1) is 5.69 Å². The van der Waals surface area contributed by atoms with Crippen LogP contribution in [-0.4, -0.2) is 4.98 Å². The normalized spacial score (nSPS) is 10.2. The lowest BCUT2D eigenvalue weighted by molar-refractivity contribution is 1.16. The molecule has 0 unspecified atom stereocenters. The lowest BCUT2D eigenvalue weighted by Gasteiger charge is -2.07. The average Bonchev–Trinajstić information content (AvgIpc) is 2.63. The van der Waals surface area contributed by atoms with Crippen molar-refractivity contribution in [2.24, 2.45) is 0 Å². The number of thiophene rings is 1. The maximum absolute atomic E-state index is 5.73. The summed E-state index contributed by atoms with van der Waals surface area (Å²) in [6.45, 7) is 2.92. The van der Waals surface area contributed by atoms with E-state index in [0.717, 1.165) is 12.2 Å². The number of nitrogen functional groups attached to an aromatic ring is 1. The Morgan fingerprint density at radius 2 is 2.33 bits per heavy atom. The topological polar surface area (TPSA) is 50.9 Å². The molecular formula is C11H13N3S. The van der Waals surface area contributed by atoms with E-state index in [-0.39, 0.29) is 0 Å². The number of hydrogen-bond acceptors (Lipinski definition) is 4. The molecule has 0 saturated heterocycles. The molecule has 3 N–H and O–H groups in total. The first kappa shape index (κ1) is 9.98. The van der Waals surface area contributed by atoms with Gasteiger partial charge in [-0.05, 0) is 36.1 Å². The lowest BCUT2D eigenvalue weighted by atomic mass is 10.3. The van der Waals surface area contributed by atoms with Crippen LogP contribution >= 0.6 is 11.3 Å². The third kappa shape index (κ3) is 2.27. The molecule has 0 aliphatic rings. The van der Waals surface area contributed by atoms with Crippen molar-refractivity contribution in [3.63, 3.8) is 0 Å². The van der Waals surface area contributed by atoms with E-state index in [4.69, 9.17) is 5.73 Å². The van der Waals surface area contributed by atoms with Crippen LogP contribution in [-0.2, 0) is 6.54 Å².